The molecule has 0 aliphatic carbocycles. The second kappa shape index (κ2) is 13.8. The van der Waals surface area contributed by atoms with Crippen LogP contribution in [0.2, 0.25) is 0 Å². The van der Waals surface area contributed by atoms with Gasteiger partial charge in [0.15, 0.2) is 0 Å². The molecule has 0 spiro atoms. The van der Waals surface area contributed by atoms with Crippen LogP contribution in [0, 0.1) is 0 Å². The van der Waals surface area contributed by atoms with E-state index in [4.69, 9.17) is 9.47 Å². The van der Waals surface area contributed by atoms with Gasteiger partial charge in [0.25, 0.3) is 0 Å². The summed E-state index contributed by atoms with van der Waals surface area (Å²) in [6, 6.07) is 19.6. The second-order valence-electron chi connectivity index (χ2n) is 9.89. The van der Waals surface area contributed by atoms with E-state index in [1.54, 1.807) is 0 Å². The van der Waals surface area contributed by atoms with Crippen LogP contribution in [-0.2, 0) is 0 Å². The SMILES string of the molecule is CCCCCCOc1ccc2cc(C=O)ccc2c1-c1c(OCCCCCC)ccc2cc(C=O)ccc12. The molecular formula is C34H38O4. The highest BCUT2D eigenvalue weighted by molar-refractivity contribution is 6.11. The summed E-state index contributed by atoms with van der Waals surface area (Å²) < 4.78 is 12.9. The molecule has 0 aliphatic heterocycles. The Labute approximate surface area is 226 Å². The van der Waals surface area contributed by atoms with Crippen molar-refractivity contribution in [3.05, 3.63) is 71.8 Å². The number of hydrogen-bond acceptors (Lipinski definition) is 4. The summed E-state index contributed by atoms with van der Waals surface area (Å²) in [7, 11) is 0. The maximum absolute atomic E-state index is 11.5. The Hall–Kier alpha value is -3.66. The first-order valence-electron chi connectivity index (χ1n) is 14.0. The maximum atomic E-state index is 11.5. The Morgan fingerprint density at radius 2 is 1.00 bits per heavy atom. The van der Waals surface area contributed by atoms with Crippen LogP contribution in [0.25, 0.3) is 32.7 Å². The standard InChI is InChI=1S/C34H38O4/c1-3-5-7-9-19-37-31-17-13-27-21-25(23-35)11-15-29(27)33(31)34-30-16-12-26(24-36)22-28(30)14-18-32(34)38-20-10-8-6-4-2/h11-18,21-24H,3-10,19-20H2,1-2H3. The van der Waals surface area contributed by atoms with Gasteiger partial charge in [-0.3, -0.25) is 9.59 Å². The molecule has 4 heteroatoms. The highest BCUT2D eigenvalue weighted by Gasteiger charge is 2.20. The highest BCUT2D eigenvalue weighted by Crippen LogP contribution is 2.46. The van der Waals surface area contributed by atoms with Crippen LogP contribution in [-0.4, -0.2) is 25.8 Å². The number of carbonyl (C=O) groups excluding carboxylic acids is 2. The van der Waals surface area contributed by atoms with Crippen LogP contribution in [0.1, 0.15) is 85.9 Å². The van der Waals surface area contributed by atoms with E-state index >= 15 is 0 Å². The predicted molar refractivity (Wildman–Crippen MR) is 157 cm³/mol. The third-order valence-electron chi connectivity index (χ3n) is 7.04. The number of rotatable bonds is 15. The third-order valence-corrected chi connectivity index (χ3v) is 7.04. The molecule has 4 nitrogen and oxygen atoms in total. The molecule has 0 saturated heterocycles. The lowest BCUT2D eigenvalue weighted by Gasteiger charge is -2.20. The molecule has 0 atom stereocenters. The van der Waals surface area contributed by atoms with Crippen LogP contribution >= 0.6 is 0 Å². The fourth-order valence-electron chi connectivity index (χ4n) is 4.98. The van der Waals surface area contributed by atoms with Crippen LogP contribution in [0.4, 0.5) is 0 Å². The van der Waals surface area contributed by atoms with E-state index in [1.165, 1.54) is 25.7 Å². The van der Waals surface area contributed by atoms with Gasteiger partial charge in [0.05, 0.1) is 13.2 Å². The molecule has 4 aromatic carbocycles. The van der Waals surface area contributed by atoms with E-state index in [1.807, 2.05) is 60.7 Å². The fraction of sp³-hybridized carbons (Fsp3) is 0.353. The van der Waals surface area contributed by atoms with E-state index in [0.717, 1.165) is 82.4 Å². The number of hydrogen-bond donors (Lipinski definition) is 0. The minimum Gasteiger partial charge on any atom is -0.493 e. The Kier molecular flexibility index (Phi) is 9.91. The molecule has 4 rings (SSSR count). The molecule has 0 aromatic heterocycles. The Morgan fingerprint density at radius 3 is 1.39 bits per heavy atom. The molecule has 0 bridgehead atoms. The van der Waals surface area contributed by atoms with Gasteiger partial charge in [-0.2, -0.15) is 0 Å². The van der Waals surface area contributed by atoms with Crippen molar-refractivity contribution in [1.29, 1.82) is 0 Å². The molecule has 0 radical (unpaired) electrons. The van der Waals surface area contributed by atoms with E-state index in [2.05, 4.69) is 13.8 Å². The minimum absolute atomic E-state index is 0.637. The number of ether oxygens (including phenoxy) is 2. The van der Waals surface area contributed by atoms with Gasteiger partial charge in [-0.1, -0.05) is 88.8 Å². The molecular weight excluding hydrogens is 472 g/mol. The molecule has 0 amide bonds. The fourth-order valence-corrected chi connectivity index (χ4v) is 4.98. The Balaban J connectivity index is 1.88. The summed E-state index contributed by atoms with van der Waals surface area (Å²) in [6.45, 7) is 5.68. The summed E-state index contributed by atoms with van der Waals surface area (Å²) in [5.41, 5.74) is 3.20. The van der Waals surface area contributed by atoms with Crippen molar-refractivity contribution in [3.63, 3.8) is 0 Å². The van der Waals surface area contributed by atoms with Crippen molar-refractivity contribution in [2.75, 3.05) is 13.2 Å². The average molecular weight is 511 g/mol. The molecule has 0 aliphatic rings. The summed E-state index contributed by atoms with van der Waals surface area (Å²) >= 11 is 0. The van der Waals surface area contributed by atoms with Gasteiger partial charge in [0.1, 0.15) is 24.1 Å². The summed E-state index contributed by atoms with van der Waals surface area (Å²) in [5.74, 6) is 1.60. The number of benzene rings is 4. The molecule has 0 heterocycles. The van der Waals surface area contributed by atoms with E-state index < -0.39 is 0 Å². The lowest BCUT2D eigenvalue weighted by atomic mass is 9.91. The molecule has 4 aromatic rings. The van der Waals surface area contributed by atoms with Crippen molar-refractivity contribution in [2.45, 2.75) is 65.2 Å². The minimum atomic E-state index is 0.637. The summed E-state index contributed by atoms with van der Waals surface area (Å²) in [5, 5.41) is 3.95. The third kappa shape index (κ3) is 6.42. The van der Waals surface area contributed by atoms with Crippen LogP contribution in [0.5, 0.6) is 11.5 Å². The topological polar surface area (TPSA) is 52.6 Å². The molecule has 198 valence electrons. The quantitative estimate of drug-likeness (QED) is 0.118. The van der Waals surface area contributed by atoms with E-state index in [9.17, 15) is 9.59 Å². The van der Waals surface area contributed by atoms with E-state index in [0.29, 0.717) is 24.3 Å². The van der Waals surface area contributed by atoms with Gasteiger partial charge in [-0.05, 0) is 58.7 Å². The van der Waals surface area contributed by atoms with Gasteiger partial charge >= 0.3 is 0 Å². The zero-order valence-corrected chi connectivity index (χ0v) is 22.6. The van der Waals surface area contributed by atoms with Crippen molar-refractivity contribution >= 4 is 34.1 Å². The van der Waals surface area contributed by atoms with Crippen molar-refractivity contribution in [3.8, 4) is 22.6 Å². The van der Waals surface area contributed by atoms with Crippen molar-refractivity contribution in [1.82, 2.24) is 0 Å². The zero-order valence-electron chi connectivity index (χ0n) is 22.6. The largest absolute Gasteiger partial charge is 0.493 e. The Bertz CT molecular complexity index is 1280. The summed E-state index contributed by atoms with van der Waals surface area (Å²) in [4.78, 5) is 23.0. The van der Waals surface area contributed by atoms with E-state index in [-0.39, 0.29) is 0 Å². The molecule has 0 N–H and O–H groups in total. The van der Waals surface area contributed by atoms with Crippen molar-refractivity contribution < 1.29 is 19.1 Å². The second-order valence-corrected chi connectivity index (χ2v) is 9.89. The molecule has 38 heavy (non-hydrogen) atoms. The Morgan fingerprint density at radius 1 is 0.553 bits per heavy atom. The summed E-state index contributed by atoms with van der Waals surface area (Å²) in [6.07, 6.45) is 10.8. The smallest absolute Gasteiger partial charge is 0.150 e. The average Bonchev–Trinajstić information content (AvgIpc) is 2.96. The number of aldehydes is 2. The number of unbranched alkanes of at least 4 members (excludes halogenated alkanes) is 6. The van der Waals surface area contributed by atoms with Crippen LogP contribution < -0.4 is 9.47 Å². The lowest BCUT2D eigenvalue weighted by molar-refractivity contribution is 0.111. The van der Waals surface area contributed by atoms with Gasteiger partial charge in [0.2, 0.25) is 0 Å². The molecule has 0 unspecified atom stereocenters. The van der Waals surface area contributed by atoms with Gasteiger partial charge in [-0.25, -0.2) is 0 Å². The first-order valence-corrected chi connectivity index (χ1v) is 14.0. The van der Waals surface area contributed by atoms with Gasteiger partial charge in [-0.15, -0.1) is 0 Å². The molecule has 0 fully saturated rings. The van der Waals surface area contributed by atoms with Crippen LogP contribution in [0.3, 0.4) is 0 Å². The normalized spacial score (nSPS) is 11.1. The van der Waals surface area contributed by atoms with Gasteiger partial charge in [0, 0.05) is 22.3 Å². The first kappa shape index (κ1) is 27.4. The van der Waals surface area contributed by atoms with Crippen molar-refractivity contribution in [2.24, 2.45) is 0 Å². The maximum Gasteiger partial charge on any atom is 0.150 e. The number of carbonyl (C=O) groups is 2. The van der Waals surface area contributed by atoms with Gasteiger partial charge < -0.3 is 9.47 Å². The lowest BCUT2D eigenvalue weighted by Crippen LogP contribution is -2.03. The van der Waals surface area contributed by atoms with Crippen LogP contribution in [0.15, 0.2) is 60.7 Å². The molecule has 0 saturated carbocycles. The zero-order chi connectivity index (χ0) is 26.7. The predicted octanol–water partition coefficient (Wildman–Crippen LogP) is 9.20. The highest BCUT2D eigenvalue weighted by atomic mass is 16.5. The number of fused-ring (bicyclic) bond motifs is 2. The first-order chi connectivity index (χ1) is 18.7. The monoisotopic (exact) mass is 510 g/mol.